The topological polar surface area (TPSA) is 30.3 Å². The van der Waals surface area contributed by atoms with Crippen LogP contribution in [0, 0.1) is 13.8 Å². The summed E-state index contributed by atoms with van der Waals surface area (Å²) in [5.74, 6) is 1.01. The van der Waals surface area contributed by atoms with Crippen LogP contribution in [0.3, 0.4) is 0 Å². The average molecular weight is 236 g/mol. The number of hydrogen-bond donors (Lipinski definition) is 2. The second-order valence-corrected chi connectivity index (χ2v) is 4.96. The highest BCUT2D eigenvalue weighted by atomic mass is 16.5. The fourth-order valence-electron chi connectivity index (χ4n) is 2.25. The van der Waals surface area contributed by atoms with E-state index >= 15 is 0 Å². The Morgan fingerprint density at radius 3 is 2.65 bits per heavy atom. The largest absolute Gasteiger partial charge is 0.488 e. The summed E-state index contributed by atoms with van der Waals surface area (Å²) in [6.07, 6.45) is 0. The maximum absolute atomic E-state index is 5.81. The molecule has 17 heavy (non-hydrogen) atoms. The maximum Gasteiger partial charge on any atom is 0.137 e. The first-order valence-electron chi connectivity index (χ1n) is 6.61. The summed E-state index contributed by atoms with van der Waals surface area (Å²) in [6, 6.07) is 6.34. The van der Waals surface area contributed by atoms with Crippen molar-refractivity contribution in [3.63, 3.8) is 0 Å². The number of nitrogens with two attached hydrogens (primary N) is 1. The quantitative estimate of drug-likeness (QED) is 0.700. The molecule has 1 aliphatic heterocycles. The monoisotopic (exact) mass is 236 g/mol. The molecule has 2 rings (SSSR count). The molecule has 0 aromatic heterocycles. The molecule has 0 atom stereocenters. The number of aryl methyl sites for hydroxylation is 2. The molecule has 1 aromatic rings. The lowest BCUT2D eigenvalue weighted by Crippen LogP contribution is -3.20. The van der Waals surface area contributed by atoms with Crippen molar-refractivity contribution in [2.45, 2.75) is 13.8 Å². The fraction of sp³-hybridized carbons (Fsp3) is 0.571. The van der Waals surface area contributed by atoms with Crippen LogP contribution < -0.4 is 15.0 Å². The Balaban J connectivity index is 1.75. The van der Waals surface area contributed by atoms with E-state index in [4.69, 9.17) is 4.74 Å². The standard InChI is InChI=1S/C14H22N2O/c1-12-3-4-14(11-13(12)2)17-10-9-16-7-5-15-6-8-16/h3-4,11,15H,5-10H2,1-2H3/p+2. The van der Waals surface area contributed by atoms with E-state index in [9.17, 15) is 0 Å². The van der Waals surface area contributed by atoms with Gasteiger partial charge in [0, 0.05) is 0 Å². The van der Waals surface area contributed by atoms with Gasteiger partial charge in [-0.25, -0.2) is 0 Å². The number of hydrogen-bond acceptors (Lipinski definition) is 1. The molecule has 3 heteroatoms. The lowest BCUT2D eigenvalue weighted by molar-refractivity contribution is -0.946. The molecule has 0 bridgehead atoms. The van der Waals surface area contributed by atoms with E-state index in [0.29, 0.717) is 0 Å². The molecule has 0 aliphatic carbocycles. The van der Waals surface area contributed by atoms with E-state index in [1.807, 2.05) is 0 Å². The minimum absolute atomic E-state index is 0.831. The van der Waals surface area contributed by atoms with Gasteiger partial charge >= 0.3 is 0 Å². The van der Waals surface area contributed by atoms with E-state index in [1.54, 1.807) is 4.90 Å². The Labute approximate surface area is 104 Å². The fourth-order valence-corrected chi connectivity index (χ4v) is 2.25. The summed E-state index contributed by atoms with van der Waals surface area (Å²) in [6.45, 7) is 11.3. The second kappa shape index (κ2) is 6.03. The molecular formula is C14H24N2O+2. The molecule has 3 nitrogen and oxygen atoms in total. The van der Waals surface area contributed by atoms with Gasteiger partial charge in [-0.2, -0.15) is 0 Å². The van der Waals surface area contributed by atoms with Crippen LogP contribution in [0.2, 0.25) is 0 Å². The first kappa shape index (κ1) is 12.4. The zero-order valence-corrected chi connectivity index (χ0v) is 11.0. The Bertz CT molecular complexity index is 359. The van der Waals surface area contributed by atoms with E-state index < -0.39 is 0 Å². The summed E-state index contributed by atoms with van der Waals surface area (Å²) < 4.78 is 5.81. The SMILES string of the molecule is Cc1ccc(OCC[NH+]2CC[NH2+]CC2)cc1C. The summed E-state index contributed by atoms with van der Waals surface area (Å²) in [4.78, 5) is 1.68. The predicted molar refractivity (Wildman–Crippen MR) is 68.6 cm³/mol. The molecule has 1 heterocycles. The number of ether oxygens (including phenoxy) is 1. The highest BCUT2D eigenvalue weighted by molar-refractivity contribution is 5.33. The van der Waals surface area contributed by atoms with Gasteiger partial charge in [0.05, 0.1) is 0 Å². The molecule has 0 unspecified atom stereocenters. The van der Waals surface area contributed by atoms with Crippen molar-refractivity contribution in [3.05, 3.63) is 29.3 Å². The molecule has 1 aliphatic rings. The highest BCUT2D eigenvalue weighted by Crippen LogP contribution is 2.15. The van der Waals surface area contributed by atoms with Crippen molar-refractivity contribution in [2.75, 3.05) is 39.3 Å². The van der Waals surface area contributed by atoms with Crippen LogP contribution in [0.15, 0.2) is 18.2 Å². The maximum atomic E-state index is 5.81. The number of rotatable bonds is 4. The van der Waals surface area contributed by atoms with Crippen molar-refractivity contribution < 1.29 is 15.0 Å². The van der Waals surface area contributed by atoms with Gasteiger partial charge in [0.15, 0.2) is 0 Å². The molecule has 0 radical (unpaired) electrons. The lowest BCUT2D eigenvalue weighted by atomic mass is 10.1. The van der Waals surface area contributed by atoms with Gasteiger partial charge in [-0.05, 0) is 37.1 Å². The van der Waals surface area contributed by atoms with E-state index in [0.717, 1.165) is 18.9 Å². The summed E-state index contributed by atoms with van der Waals surface area (Å²) >= 11 is 0. The number of piperazine rings is 1. The summed E-state index contributed by atoms with van der Waals surface area (Å²) in [5, 5.41) is 2.40. The first-order valence-corrected chi connectivity index (χ1v) is 6.61. The number of nitrogens with one attached hydrogen (secondary N) is 1. The molecule has 1 aromatic carbocycles. The minimum atomic E-state index is 0.831. The molecule has 1 fully saturated rings. The van der Waals surface area contributed by atoms with Gasteiger partial charge in [-0.1, -0.05) is 6.07 Å². The Morgan fingerprint density at radius 1 is 1.18 bits per heavy atom. The third kappa shape index (κ3) is 3.72. The third-order valence-electron chi connectivity index (χ3n) is 3.61. The Morgan fingerprint density at radius 2 is 1.94 bits per heavy atom. The first-order chi connectivity index (χ1) is 8.25. The Hall–Kier alpha value is -1.06. The van der Waals surface area contributed by atoms with Gasteiger partial charge in [0.1, 0.15) is 45.1 Å². The second-order valence-electron chi connectivity index (χ2n) is 4.96. The van der Waals surface area contributed by atoms with Crippen LogP contribution >= 0.6 is 0 Å². The average Bonchev–Trinajstić information content (AvgIpc) is 2.35. The van der Waals surface area contributed by atoms with E-state index in [1.165, 1.54) is 37.3 Å². The van der Waals surface area contributed by atoms with Gasteiger partial charge < -0.3 is 15.0 Å². The predicted octanol–water partition coefficient (Wildman–Crippen LogP) is -0.856. The Kier molecular flexibility index (Phi) is 4.40. The molecule has 0 amide bonds. The molecule has 0 spiro atoms. The molecule has 0 saturated carbocycles. The van der Waals surface area contributed by atoms with Crippen molar-refractivity contribution >= 4 is 0 Å². The molecule has 94 valence electrons. The number of quaternary nitrogens is 2. The smallest absolute Gasteiger partial charge is 0.137 e. The molecule has 3 N–H and O–H groups in total. The minimum Gasteiger partial charge on any atom is -0.488 e. The van der Waals surface area contributed by atoms with Crippen molar-refractivity contribution in [2.24, 2.45) is 0 Å². The van der Waals surface area contributed by atoms with Gasteiger partial charge in [-0.3, -0.25) is 0 Å². The van der Waals surface area contributed by atoms with Crippen molar-refractivity contribution in [1.29, 1.82) is 0 Å². The summed E-state index contributed by atoms with van der Waals surface area (Å²) in [5.41, 5.74) is 2.64. The van der Waals surface area contributed by atoms with Gasteiger partial charge in [0.2, 0.25) is 0 Å². The van der Waals surface area contributed by atoms with E-state index in [2.05, 4.69) is 37.4 Å². The third-order valence-corrected chi connectivity index (χ3v) is 3.61. The zero-order chi connectivity index (χ0) is 12.1. The van der Waals surface area contributed by atoms with Gasteiger partial charge in [0.25, 0.3) is 0 Å². The van der Waals surface area contributed by atoms with Crippen molar-refractivity contribution in [3.8, 4) is 5.75 Å². The molecular weight excluding hydrogens is 212 g/mol. The zero-order valence-electron chi connectivity index (χ0n) is 11.0. The number of benzene rings is 1. The van der Waals surface area contributed by atoms with Gasteiger partial charge in [-0.15, -0.1) is 0 Å². The van der Waals surface area contributed by atoms with Crippen LogP contribution in [0.25, 0.3) is 0 Å². The highest BCUT2D eigenvalue weighted by Gasteiger charge is 2.14. The van der Waals surface area contributed by atoms with E-state index in [-0.39, 0.29) is 0 Å². The van der Waals surface area contributed by atoms with Crippen LogP contribution in [-0.2, 0) is 0 Å². The van der Waals surface area contributed by atoms with Crippen LogP contribution in [0.4, 0.5) is 0 Å². The normalized spacial score (nSPS) is 17.1. The van der Waals surface area contributed by atoms with Crippen molar-refractivity contribution in [1.82, 2.24) is 0 Å². The lowest BCUT2D eigenvalue weighted by Gasteiger charge is -2.22. The van der Waals surface area contributed by atoms with Crippen LogP contribution in [-0.4, -0.2) is 39.3 Å². The van der Waals surface area contributed by atoms with Crippen LogP contribution in [0.5, 0.6) is 5.75 Å². The summed E-state index contributed by atoms with van der Waals surface area (Å²) in [7, 11) is 0. The molecule has 1 saturated heterocycles. The van der Waals surface area contributed by atoms with Crippen LogP contribution in [0.1, 0.15) is 11.1 Å².